The summed E-state index contributed by atoms with van der Waals surface area (Å²) < 4.78 is 69.5. The quantitative estimate of drug-likeness (QED) is 0.175. The number of fused-ring (bicyclic) bond motifs is 2. The van der Waals surface area contributed by atoms with Gasteiger partial charge in [-0.05, 0) is 25.7 Å². The number of hydrogen-bond donors (Lipinski definition) is 0. The van der Waals surface area contributed by atoms with Gasteiger partial charge in [0.15, 0.2) is 0 Å². The second-order valence-corrected chi connectivity index (χ2v) is 16.3. The number of carbonyl (C=O) groups excluding carboxylic acids is 2. The van der Waals surface area contributed by atoms with Crippen LogP contribution >= 0.6 is 21.6 Å². The highest BCUT2D eigenvalue weighted by molar-refractivity contribution is 8.76. The number of hydrogen-bond acceptors (Lipinski definition) is 12. The third-order valence-electron chi connectivity index (χ3n) is 8.23. The van der Waals surface area contributed by atoms with Crippen LogP contribution in [0, 0.1) is 23.7 Å². The van der Waals surface area contributed by atoms with Gasteiger partial charge in [-0.15, -0.1) is 0 Å². The van der Waals surface area contributed by atoms with E-state index in [0.717, 1.165) is 12.8 Å². The van der Waals surface area contributed by atoms with Crippen LogP contribution in [0.1, 0.15) is 38.5 Å². The Hall–Kier alpha value is -0.540. The van der Waals surface area contributed by atoms with Crippen LogP contribution in [0.3, 0.4) is 0 Å². The van der Waals surface area contributed by atoms with Gasteiger partial charge in [0, 0.05) is 35.2 Å². The Bertz CT molecular complexity index is 1000. The first-order valence-electron chi connectivity index (χ1n) is 11.6. The van der Waals surface area contributed by atoms with Crippen molar-refractivity contribution in [2.75, 3.05) is 11.5 Å². The average molecular weight is 555 g/mol. The first kappa shape index (κ1) is 23.8. The molecule has 0 amide bonds. The molecule has 2 saturated heterocycles. The maximum Gasteiger partial charge on any atom is 0.307 e. The maximum absolute atomic E-state index is 12.2. The monoisotopic (exact) mass is 554 g/mol. The van der Waals surface area contributed by atoms with Gasteiger partial charge in [-0.2, -0.15) is 16.8 Å². The zero-order valence-corrected chi connectivity index (χ0v) is 21.4. The molecule has 190 valence electrons. The first-order valence-corrected chi connectivity index (χ1v) is 17.0. The average Bonchev–Trinajstić information content (AvgIpc) is 3.55. The molecule has 0 aromatic heterocycles. The highest BCUT2D eigenvalue weighted by atomic mass is 33.1. The standard InChI is InChI=1S/C20H26O10S4/c21-15(27-17-9-5-11-13(7-9)33(23,24)29-19(11)17)1-3-31-32-4-2-16(22)28-18-10-6-12-14(8-10)34(25,26)30-20(12)18/h9-14,17-20H,1-8H2. The fraction of sp³-hybridized carbons (Fsp3) is 0.900. The van der Waals surface area contributed by atoms with Crippen molar-refractivity contribution >= 4 is 53.8 Å². The molecule has 6 fully saturated rings. The van der Waals surface area contributed by atoms with Crippen LogP contribution in [0.5, 0.6) is 0 Å². The van der Waals surface area contributed by atoms with E-state index in [-0.39, 0.29) is 48.5 Å². The predicted molar refractivity (Wildman–Crippen MR) is 121 cm³/mol. The highest BCUT2D eigenvalue weighted by Crippen LogP contribution is 2.56. The molecule has 14 heteroatoms. The lowest BCUT2D eigenvalue weighted by molar-refractivity contribution is -0.156. The molecule has 0 radical (unpaired) electrons. The topological polar surface area (TPSA) is 139 Å². The minimum atomic E-state index is -3.52. The lowest BCUT2D eigenvalue weighted by Crippen LogP contribution is -2.37. The third-order valence-corrected chi connectivity index (χ3v) is 14.2. The maximum atomic E-state index is 12.2. The molecule has 4 aliphatic carbocycles. The van der Waals surface area contributed by atoms with E-state index in [2.05, 4.69) is 0 Å². The molecule has 2 aliphatic heterocycles. The summed E-state index contributed by atoms with van der Waals surface area (Å²) in [7, 11) is -4.14. The summed E-state index contributed by atoms with van der Waals surface area (Å²) in [5, 5.41) is -0.869. The van der Waals surface area contributed by atoms with Gasteiger partial charge in [-0.3, -0.25) is 18.0 Å². The van der Waals surface area contributed by atoms with Crippen LogP contribution < -0.4 is 0 Å². The van der Waals surface area contributed by atoms with Crippen molar-refractivity contribution < 1.29 is 44.3 Å². The van der Waals surface area contributed by atoms with Crippen LogP contribution in [0.25, 0.3) is 0 Å². The molecule has 10 nitrogen and oxygen atoms in total. The second kappa shape index (κ2) is 8.51. The largest absolute Gasteiger partial charge is 0.459 e. The second-order valence-electron chi connectivity index (χ2n) is 10.0. The molecule has 0 N–H and O–H groups in total. The van der Waals surface area contributed by atoms with E-state index in [1.165, 1.54) is 21.6 Å². The third kappa shape index (κ3) is 3.90. The fourth-order valence-corrected chi connectivity index (χ4v) is 12.6. The summed E-state index contributed by atoms with van der Waals surface area (Å²) in [5.74, 6) is 0.299. The lowest BCUT2D eigenvalue weighted by Gasteiger charge is -2.25. The molecule has 10 unspecified atom stereocenters. The van der Waals surface area contributed by atoms with Crippen molar-refractivity contribution in [3.63, 3.8) is 0 Å². The molecule has 0 aromatic rings. The number of rotatable bonds is 9. The smallest absolute Gasteiger partial charge is 0.307 e. The Morgan fingerprint density at radius 2 is 1.12 bits per heavy atom. The molecule has 4 bridgehead atoms. The molecule has 6 rings (SSSR count). The van der Waals surface area contributed by atoms with Crippen LogP contribution in [0.15, 0.2) is 0 Å². The molecule has 2 heterocycles. The summed E-state index contributed by atoms with van der Waals surface area (Å²) in [4.78, 5) is 24.5. The summed E-state index contributed by atoms with van der Waals surface area (Å²) in [6, 6.07) is 0. The van der Waals surface area contributed by atoms with Crippen LogP contribution in [-0.4, -0.2) is 75.2 Å². The molecular formula is C20H26O10S4. The summed E-state index contributed by atoms with van der Waals surface area (Å²) in [5.41, 5.74) is 0. The minimum Gasteiger partial charge on any atom is -0.459 e. The SMILES string of the molecule is O=C(CCSSCCC(=O)OC1C2CC3C1OS(=O)(=O)C3C2)OC1C2CC3C1OS(=O)(=O)C3C2. The lowest BCUT2D eigenvalue weighted by atomic mass is 9.94. The number of ether oxygens (including phenoxy) is 2. The van der Waals surface area contributed by atoms with E-state index in [9.17, 15) is 26.4 Å². The zero-order chi connectivity index (χ0) is 23.8. The van der Waals surface area contributed by atoms with Crippen molar-refractivity contribution in [1.29, 1.82) is 0 Å². The molecular weight excluding hydrogens is 528 g/mol. The normalized spacial score (nSPS) is 45.6. The van der Waals surface area contributed by atoms with E-state index in [4.69, 9.17) is 17.8 Å². The molecule has 4 saturated carbocycles. The van der Waals surface area contributed by atoms with Gasteiger partial charge >= 0.3 is 11.9 Å². The summed E-state index contributed by atoms with van der Waals surface area (Å²) in [6.45, 7) is 0. The molecule has 10 atom stereocenters. The molecule has 34 heavy (non-hydrogen) atoms. The van der Waals surface area contributed by atoms with Crippen LogP contribution in [-0.2, 0) is 47.7 Å². The van der Waals surface area contributed by atoms with Gasteiger partial charge in [0.25, 0.3) is 20.2 Å². The molecule has 0 spiro atoms. The molecule has 0 aromatic carbocycles. The predicted octanol–water partition coefficient (Wildman–Crippen LogP) is 1.25. The van der Waals surface area contributed by atoms with Crippen molar-refractivity contribution in [2.24, 2.45) is 23.7 Å². The minimum absolute atomic E-state index is 0.0528. The van der Waals surface area contributed by atoms with E-state index in [0.29, 0.717) is 24.3 Å². The van der Waals surface area contributed by atoms with E-state index < -0.39 is 55.2 Å². The Morgan fingerprint density at radius 3 is 1.53 bits per heavy atom. The van der Waals surface area contributed by atoms with Crippen molar-refractivity contribution in [2.45, 2.75) is 73.4 Å². The Labute approximate surface area is 206 Å². The Morgan fingerprint density at radius 1 is 0.706 bits per heavy atom. The Balaban J connectivity index is 0.868. The van der Waals surface area contributed by atoms with Gasteiger partial charge in [-0.1, -0.05) is 21.6 Å². The highest BCUT2D eigenvalue weighted by Gasteiger charge is 2.66. The van der Waals surface area contributed by atoms with E-state index in [1.54, 1.807) is 0 Å². The summed E-state index contributed by atoms with van der Waals surface area (Å²) >= 11 is 0. The van der Waals surface area contributed by atoms with E-state index >= 15 is 0 Å². The van der Waals surface area contributed by atoms with Crippen molar-refractivity contribution in [3.05, 3.63) is 0 Å². The van der Waals surface area contributed by atoms with E-state index in [1.807, 2.05) is 0 Å². The Kier molecular flexibility index (Phi) is 5.96. The number of esters is 2. The van der Waals surface area contributed by atoms with Crippen LogP contribution in [0.2, 0.25) is 0 Å². The molecule has 6 aliphatic rings. The van der Waals surface area contributed by atoms with Crippen LogP contribution in [0.4, 0.5) is 0 Å². The zero-order valence-electron chi connectivity index (χ0n) is 18.1. The first-order chi connectivity index (χ1) is 16.1. The van der Waals surface area contributed by atoms with Gasteiger partial charge in [0.1, 0.15) is 24.4 Å². The van der Waals surface area contributed by atoms with Gasteiger partial charge in [-0.25, -0.2) is 0 Å². The number of carbonyl (C=O) groups is 2. The fourth-order valence-electron chi connectivity index (χ4n) is 6.88. The van der Waals surface area contributed by atoms with Gasteiger partial charge in [0.2, 0.25) is 0 Å². The summed E-state index contributed by atoms with van der Waals surface area (Å²) in [6.07, 6.45) is 0.871. The van der Waals surface area contributed by atoms with Crippen molar-refractivity contribution in [3.8, 4) is 0 Å². The van der Waals surface area contributed by atoms with Gasteiger partial charge < -0.3 is 9.47 Å². The van der Waals surface area contributed by atoms with Gasteiger partial charge in [0.05, 0.1) is 23.3 Å². The van der Waals surface area contributed by atoms with Crippen molar-refractivity contribution in [1.82, 2.24) is 0 Å².